The van der Waals surface area contributed by atoms with Gasteiger partial charge >= 0.3 is 5.97 Å². The highest BCUT2D eigenvalue weighted by Crippen LogP contribution is 2.52. The molecule has 1 aromatic carbocycles. The van der Waals surface area contributed by atoms with Gasteiger partial charge in [0.1, 0.15) is 5.57 Å². The van der Waals surface area contributed by atoms with E-state index in [0.29, 0.717) is 37.3 Å². The summed E-state index contributed by atoms with van der Waals surface area (Å²) in [5.41, 5.74) is -1.04. The van der Waals surface area contributed by atoms with Gasteiger partial charge in [-0.15, -0.1) is 0 Å². The Hall–Kier alpha value is -3.65. The topological polar surface area (TPSA) is 127 Å². The summed E-state index contributed by atoms with van der Waals surface area (Å²) < 4.78 is 5.96. The van der Waals surface area contributed by atoms with E-state index in [9.17, 15) is 29.1 Å². The van der Waals surface area contributed by atoms with Gasteiger partial charge in [-0.25, -0.2) is 4.79 Å². The Bertz CT molecular complexity index is 1230. The summed E-state index contributed by atoms with van der Waals surface area (Å²) in [6.07, 6.45) is 5.40. The lowest BCUT2D eigenvalue weighted by Crippen LogP contribution is -2.61. The van der Waals surface area contributed by atoms with Gasteiger partial charge < -0.3 is 15.2 Å². The number of nitrogens with one attached hydrogen (secondary N) is 1. The van der Waals surface area contributed by atoms with Crippen LogP contribution in [0.5, 0.6) is 0 Å². The van der Waals surface area contributed by atoms with Crippen LogP contribution in [0.25, 0.3) is 0 Å². The van der Waals surface area contributed by atoms with Gasteiger partial charge in [0, 0.05) is 24.5 Å². The number of hydrogen-bond donors (Lipinski definition) is 2. The predicted molar refractivity (Wildman–Crippen MR) is 143 cm³/mol. The summed E-state index contributed by atoms with van der Waals surface area (Å²) in [6, 6.07) is 9.09. The number of aldehydes is 1. The van der Waals surface area contributed by atoms with Crippen molar-refractivity contribution in [3.05, 3.63) is 71.8 Å². The smallest absolute Gasteiger partial charge is 0.342 e. The zero-order valence-electron chi connectivity index (χ0n) is 22.3. The van der Waals surface area contributed by atoms with Crippen LogP contribution in [0.4, 0.5) is 0 Å². The summed E-state index contributed by atoms with van der Waals surface area (Å²) in [5, 5.41) is 14.4. The van der Waals surface area contributed by atoms with Gasteiger partial charge in [-0.2, -0.15) is 0 Å². The molecule has 2 N–H and O–H groups in total. The molecule has 0 bridgehead atoms. The van der Waals surface area contributed by atoms with Gasteiger partial charge in [0.15, 0.2) is 6.29 Å². The first-order valence-electron chi connectivity index (χ1n) is 13.5. The lowest BCUT2D eigenvalue weighted by molar-refractivity contribution is -0.183. The highest BCUT2D eigenvalue weighted by Gasteiger charge is 2.68. The first-order chi connectivity index (χ1) is 18.6. The van der Waals surface area contributed by atoms with Crippen molar-refractivity contribution >= 4 is 29.7 Å². The van der Waals surface area contributed by atoms with Crippen LogP contribution in [-0.2, 0) is 35.1 Å². The third-order valence-electron chi connectivity index (χ3n) is 8.41. The second kappa shape index (κ2) is 11.6. The summed E-state index contributed by atoms with van der Waals surface area (Å²) in [6.45, 7) is 7.97. The van der Waals surface area contributed by atoms with Crippen LogP contribution in [-0.4, -0.2) is 52.6 Å². The third kappa shape index (κ3) is 5.43. The zero-order chi connectivity index (χ0) is 28.3. The van der Waals surface area contributed by atoms with Gasteiger partial charge in [-0.05, 0) is 48.7 Å². The fourth-order valence-electron chi connectivity index (χ4n) is 6.24. The quantitative estimate of drug-likeness (QED) is 0.201. The zero-order valence-corrected chi connectivity index (χ0v) is 22.3. The number of ether oxygens (including phenoxy) is 1. The van der Waals surface area contributed by atoms with Crippen molar-refractivity contribution in [3.8, 4) is 0 Å². The molecule has 0 aromatic heterocycles. The minimum absolute atomic E-state index is 0.00116. The summed E-state index contributed by atoms with van der Waals surface area (Å²) in [7, 11) is 0. The summed E-state index contributed by atoms with van der Waals surface area (Å²) in [4.78, 5) is 64.0. The standard InChI is InChI=1S/C31H35NO7/c1-18-9-7-13-23-28(36)20(3)19(2)27-24(15-21-11-5-4-6-12-21)32-30(38)31(23,27)39-29(37)22(17-33)16-26(35)25(34)14-8-10-18/h4-7,11-13,16-19,23-24,27-28,36H,3,8-10,14-15H2,1-2H3,(H,32,38)/t18-,19+,23?,24-,27?,28+,31-/m0/s1. The van der Waals surface area contributed by atoms with E-state index in [1.165, 1.54) is 0 Å². The maximum atomic E-state index is 13.9. The fraction of sp³-hybridized carbons (Fsp3) is 0.452. The third-order valence-corrected chi connectivity index (χ3v) is 8.41. The highest BCUT2D eigenvalue weighted by molar-refractivity contribution is 6.43. The molecule has 206 valence electrons. The Kier molecular flexibility index (Phi) is 8.45. The Labute approximate surface area is 228 Å². The molecule has 0 radical (unpaired) electrons. The summed E-state index contributed by atoms with van der Waals surface area (Å²) >= 11 is 0. The molecule has 8 nitrogen and oxygen atoms in total. The number of amides is 1. The number of hydrogen-bond acceptors (Lipinski definition) is 7. The molecule has 1 saturated heterocycles. The van der Waals surface area contributed by atoms with Crippen LogP contribution in [0.2, 0.25) is 0 Å². The monoisotopic (exact) mass is 533 g/mol. The largest absolute Gasteiger partial charge is 0.444 e. The Morgan fingerprint density at radius 3 is 2.56 bits per heavy atom. The lowest BCUT2D eigenvalue weighted by atomic mass is 9.59. The van der Waals surface area contributed by atoms with Crippen LogP contribution in [0, 0.1) is 23.7 Å². The van der Waals surface area contributed by atoms with Crippen molar-refractivity contribution < 1.29 is 33.8 Å². The Morgan fingerprint density at radius 1 is 1.15 bits per heavy atom. The molecule has 1 saturated carbocycles. The van der Waals surface area contributed by atoms with Crippen molar-refractivity contribution in [2.45, 2.75) is 63.7 Å². The molecule has 1 aromatic rings. The SMILES string of the molecule is C=C1[C@@H](C)C2[C@H](Cc3ccccc3)NC(=O)[C@@]23OC(=O)C(C=O)=CC(=O)C(=O)CCC[C@@H](C)CC=CC3[C@@H]1O. The van der Waals surface area contributed by atoms with E-state index >= 15 is 0 Å². The number of Topliss-reactive ketones (excluding diaryl/α,β-unsaturated/α-hetero) is 1. The molecule has 1 aliphatic carbocycles. The molecule has 2 aliphatic heterocycles. The van der Waals surface area contributed by atoms with E-state index in [2.05, 4.69) is 11.9 Å². The molecular formula is C31H35NO7. The molecule has 2 fully saturated rings. The number of carbonyl (C=O) groups excluding carboxylic acids is 5. The van der Waals surface area contributed by atoms with E-state index in [1.54, 1.807) is 6.08 Å². The lowest BCUT2D eigenvalue weighted by Gasteiger charge is -2.49. The predicted octanol–water partition coefficient (Wildman–Crippen LogP) is 2.84. The minimum atomic E-state index is -1.87. The molecule has 3 aliphatic rings. The van der Waals surface area contributed by atoms with Crippen LogP contribution < -0.4 is 5.32 Å². The minimum Gasteiger partial charge on any atom is -0.444 e. The number of benzene rings is 1. The maximum Gasteiger partial charge on any atom is 0.342 e. The number of aliphatic hydroxyl groups is 1. The summed E-state index contributed by atoms with van der Waals surface area (Å²) in [5.74, 6) is -5.32. The molecule has 4 rings (SSSR count). The molecule has 7 atom stereocenters. The van der Waals surface area contributed by atoms with E-state index in [1.807, 2.05) is 50.3 Å². The Balaban J connectivity index is 1.84. The van der Waals surface area contributed by atoms with E-state index in [-0.39, 0.29) is 18.6 Å². The Morgan fingerprint density at radius 2 is 1.87 bits per heavy atom. The van der Waals surface area contributed by atoms with Crippen molar-refractivity contribution in [1.82, 2.24) is 5.32 Å². The van der Waals surface area contributed by atoms with Crippen LogP contribution >= 0.6 is 0 Å². The first kappa shape index (κ1) is 28.4. The number of aliphatic hydroxyl groups excluding tert-OH is 1. The van der Waals surface area contributed by atoms with Crippen molar-refractivity contribution in [1.29, 1.82) is 0 Å². The number of carbonyl (C=O) groups is 5. The molecule has 2 heterocycles. The molecule has 2 unspecified atom stereocenters. The molecule has 39 heavy (non-hydrogen) atoms. The van der Waals surface area contributed by atoms with Gasteiger partial charge in [0.05, 0.1) is 12.0 Å². The number of esters is 1. The second-order valence-corrected chi connectivity index (χ2v) is 11.0. The van der Waals surface area contributed by atoms with Crippen molar-refractivity contribution in [2.75, 3.05) is 0 Å². The van der Waals surface area contributed by atoms with Crippen molar-refractivity contribution in [3.63, 3.8) is 0 Å². The van der Waals surface area contributed by atoms with Crippen LogP contribution in [0.1, 0.15) is 45.1 Å². The number of ketones is 2. The van der Waals surface area contributed by atoms with Gasteiger partial charge in [0.2, 0.25) is 17.2 Å². The molecule has 1 spiro atoms. The number of rotatable bonds is 3. The van der Waals surface area contributed by atoms with Crippen LogP contribution in [0.3, 0.4) is 0 Å². The molecule has 8 heteroatoms. The van der Waals surface area contributed by atoms with Crippen molar-refractivity contribution in [2.24, 2.45) is 23.7 Å². The molecular weight excluding hydrogens is 498 g/mol. The van der Waals surface area contributed by atoms with E-state index in [0.717, 1.165) is 5.56 Å². The van der Waals surface area contributed by atoms with E-state index in [4.69, 9.17) is 4.74 Å². The normalized spacial score (nSPS) is 34.1. The van der Waals surface area contributed by atoms with Gasteiger partial charge in [-0.1, -0.05) is 62.9 Å². The maximum absolute atomic E-state index is 13.9. The van der Waals surface area contributed by atoms with Crippen LogP contribution in [0.15, 0.2) is 66.3 Å². The fourth-order valence-corrected chi connectivity index (χ4v) is 6.24. The average molecular weight is 534 g/mol. The average Bonchev–Trinajstić information content (AvgIpc) is 3.18. The first-order valence-corrected chi connectivity index (χ1v) is 13.5. The number of allylic oxidation sites excluding steroid dienone is 2. The van der Waals surface area contributed by atoms with E-state index < -0.39 is 64.5 Å². The molecule has 1 amide bonds. The van der Waals surface area contributed by atoms with Gasteiger partial charge in [-0.3, -0.25) is 19.2 Å². The highest BCUT2D eigenvalue weighted by atomic mass is 16.6. The second-order valence-electron chi connectivity index (χ2n) is 11.0. The van der Waals surface area contributed by atoms with Gasteiger partial charge in [0.25, 0.3) is 5.91 Å².